The average molecular weight is 445 g/mol. The molecule has 0 bridgehead atoms. The molecule has 1 aromatic rings. The van der Waals surface area contributed by atoms with Crippen LogP contribution >= 0.6 is 0 Å². The first-order chi connectivity index (χ1) is 15.5. The standard InChI is InChI=1S/C27H44N2O3/c1-3-5-6-7-8-9-10-11-12-23-13-15-24(16-14-23)17-18-25(30)29-21-19-27(20-22-29,26(31)32)28-4-2/h13-16,28H,3-12,17-22H2,1-2H3,(H,31,32). The smallest absolute Gasteiger partial charge is 0.324 e. The number of benzene rings is 1. The van der Waals surface area contributed by atoms with Gasteiger partial charge in [-0.1, -0.05) is 83.1 Å². The molecule has 0 spiro atoms. The van der Waals surface area contributed by atoms with Crippen LogP contribution in [0.2, 0.25) is 0 Å². The first-order valence-corrected chi connectivity index (χ1v) is 12.8. The Morgan fingerprint density at radius 1 is 0.875 bits per heavy atom. The molecule has 1 heterocycles. The zero-order valence-electron chi connectivity index (χ0n) is 20.3. The van der Waals surface area contributed by atoms with Gasteiger partial charge in [-0.05, 0) is 49.8 Å². The van der Waals surface area contributed by atoms with Crippen LogP contribution in [0.1, 0.15) is 95.6 Å². The van der Waals surface area contributed by atoms with E-state index >= 15 is 0 Å². The van der Waals surface area contributed by atoms with E-state index in [9.17, 15) is 14.7 Å². The van der Waals surface area contributed by atoms with Crippen molar-refractivity contribution in [2.75, 3.05) is 19.6 Å². The Morgan fingerprint density at radius 3 is 1.94 bits per heavy atom. The van der Waals surface area contributed by atoms with E-state index in [1.807, 2.05) is 11.8 Å². The van der Waals surface area contributed by atoms with E-state index in [0.29, 0.717) is 38.9 Å². The van der Waals surface area contributed by atoms with Gasteiger partial charge in [-0.15, -0.1) is 0 Å². The van der Waals surface area contributed by atoms with E-state index < -0.39 is 11.5 Å². The maximum Gasteiger partial charge on any atom is 0.324 e. The summed E-state index contributed by atoms with van der Waals surface area (Å²) in [6.45, 7) is 5.82. The molecule has 1 aliphatic heterocycles. The molecule has 1 aliphatic rings. The Hall–Kier alpha value is -1.88. The molecule has 5 nitrogen and oxygen atoms in total. The molecule has 1 amide bonds. The zero-order chi connectivity index (χ0) is 23.2. The number of amides is 1. The Kier molecular flexibility index (Phi) is 11.8. The van der Waals surface area contributed by atoms with E-state index in [4.69, 9.17) is 0 Å². The predicted molar refractivity (Wildman–Crippen MR) is 131 cm³/mol. The fourth-order valence-corrected chi connectivity index (χ4v) is 4.69. The summed E-state index contributed by atoms with van der Waals surface area (Å²) in [6.07, 6.45) is 14.0. The Balaban J connectivity index is 1.65. The average Bonchev–Trinajstić information content (AvgIpc) is 2.80. The third-order valence-corrected chi connectivity index (χ3v) is 6.86. The van der Waals surface area contributed by atoms with Gasteiger partial charge in [0.15, 0.2) is 0 Å². The second kappa shape index (κ2) is 14.3. The molecular weight excluding hydrogens is 400 g/mol. The first kappa shape index (κ1) is 26.4. The second-order valence-electron chi connectivity index (χ2n) is 9.34. The number of aryl methyl sites for hydroxylation is 2. The van der Waals surface area contributed by atoms with Gasteiger partial charge in [0.25, 0.3) is 0 Å². The molecule has 2 N–H and O–H groups in total. The van der Waals surface area contributed by atoms with Crippen molar-refractivity contribution in [3.05, 3.63) is 35.4 Å². The normalized spacial score (nSPS) is 15.6. The minimum absolute atomic E-state index is 0.128. The lowest BCUT2D eigenvalue weighted by Crippen LogP contribution is -2.59. The molecular formula is C27H44N2O3. The van der Waals surface area contributed by atoms with Crippen molar-refractivity contribution in [2.45, 2.75) is 103 Å². The van der Waals surface area contributed by atoms with Gasteiger partial charge in [-0.3, -0.25) is 9.59 Å². The van der Waals surface area contributed by atoms with E-state index in [1.165, 1.54) is 62.5 Å². The highest BCUT2D eigenvalue weighted by Gasteiger charge is 2.41. The van der Waals surface area contributed by atoms with Gasteiger partial charge in [0.1, 0.15) is 5.54 Å². The predicted octanol–water partition coefficient (Wildman–Crippen LogP) is 5.36. The van der Waals surface area contributed by atoms with Crippen LogP contribution in [0, 0.1) is 0 Å². The Bertz CT molecular complexity index is 679. The van der Waals surface area contributed by atoms with Gasteiger partial charge in [0.2, 0.25) is 5.91 Å². The van der Waals surface area contributed by atoms with Crippen LogP contribution in [-0.2, 0) is 22.4 Å². The first-order valence-electron chi connectivity index (χ1n) is 12.8. The van der Waals surface area contributed by atoms with Crippen molar-refractivity contribution in [1.82, 2.24) is 10.2 Å². The number of carbonyl (C=O) groups is 2. The molecule has 5 heteroatoms. The highest BCUT2D eigenvalue weighted by atomic mass is 16.4. The lowest BCUT2D eigenvalue weighted by molar-refractivity contribution is -0.149. The fourth-order valence-electron chi connectivity index (χ4n) is 4.69. The minimum Gasteiger partial charge on any atom is -0.480 e. The third-order valence-electron chi connectivity index (χ3n) is 6.86. The SMILES string of the molecule is CCCCCCCCCCc1ccc(CCC(=O)N2CCC(NCC)(C(=O)O)CC2)cc1. The van der Waals surface area contributed by atoms with Crippen LogP contribution in [0.3, 0.4) is 0 Å². The molecule has 1 fully saturated rings. The molecule has 1 saturated heterocycles. The number of carboxylic acid groups (broad SMARTS) is 1. The number of carbonyl (C=O) groups excluding carboxylic acids is 1. The number of nitrogens with one attached hydrogen (secondary N) is 1. The number of carboxylic acids is 1. The summed E-state index contributed by atoms with van der Waals surface area (Å²) in [7, 11) is 0. The van der Waals surface area contributed by atoms with Crippen LogP contribution in [0.25, 0.3) is 0 Å². The summed E-state index contributed by atoms with van der Waals surface area (Å²) in [5.74, 6) is -0.679. The minimum atomic E-state index is -0.879. The van der Waals surface area contributed by atoms with Crippen LogP contribution in [0.15, 0.2) is 24.3 Å². The number of hydrogen-bond donors (Lipinski definition) is 2. The van der Waals surface area contributed by atoms with Gasteiger partial charge >= 0.3 is 5.97 Å². The van der Waals surface area contributed by atoms with Crippen molar-refractivity contribution in [3.63, 3.8) is 0 Å². The number of hydrogen-bond acceptors (Lipinski definition) is 3. The maximum atomic E-state index is 12.6. The van der Waals surface area contributed by atoms with Gasteiger partial charge in [-0.2, -0.15) is 0 Å². The van der Waals surface area contributed by atoms with E-state index in [-0.39, 0.29) is 5.91 Å². The molecule has 0 atom stereocenters. The second-order valence-corrected chi connectivity index (χ2v) is 9.34. The molecule has 32 heavy (non-hydrogen) atoms. The number of aliphatic carboxylic acids is 1. The Labute approximate surface area is 195 Å². The molecule has 1 aromatic carbocycles. The van der Waals surface area contributed by atoms with E-state index in [2.05, 4.69) is 36.5 Å². The van der Waals surface area contributed by atoms with Gasteiger partial charge in [-0.25, -0.2) is 0 Å². The molecule has 0 aliphatic carbocycles. The van der Waals surface area contributed by atoms with Gasteiger partial charge in [0, 0.05) is 19.5 Å². The molecule has 0 aromatic heterocycles. The van der Waals surface area contributed by atoms with Crippen LogP contribution in [-0.4, -0.2) is 47.1 Å². The van der Waals surface area contributed by atoms with Gasteiger partial charge < -0.3 is 15.3 Å². The number of likely N-dealkylation sites (tertiary alicyclic amines) is 1. The topological polar surface area (TPSA) is 69.6 Å². The number of rotatable bonds is 15. The van der Waals surface area contributed by atoms with E-state index in [0.717, 1.165) is 12.8 Å². The van der Waals surface area contributed by atoms with Crippen molar-refractivity contribution in [2.24, 2.45) is 0 Å². The monoisotopic (exact) mass is 444 g/mol. The highest BCUT2D eigenvalue weighted by Crippen LogP contribution is 2.23. The summed E-state index contributed by atoms with van der Waals surface area (Å²) in [6, 6.07) is 8.73. The number of unbranched alkanes of at least 4 members (excludes halogenated alkanes) is 7. The van der Waals surface area contributed by atoms with E-state index in [1.54, 1.807) is 0 Å². The number of nitrogens with zero attached hydrogens (tertiary/aromatic N) is 1. The van der Waals surface area contributed by atoms with Crippen LogP contribution in [0.4, 0.5) is 0 Å². The van der Waals surface area contributed by atoms with Gasteiger partial charge in [0.05, 0.1) is 0 Å². The van der Waals surface area contributed by atoms with Crippen molar-refractivity contribution in [1.29, 1.82) is 0 Å². The number of likely N-dealkylation sites (N-methyl/N-ethyl adjacent to an activating group) is 1. The molecule has 2 rings (SSSR count). The molecule has 0 saturated carbocycles. The van der Waals surface area contributed by atoms with Crippen molar-refractivity contribution < 1.29 is 14.7 Å². The summed E-state index contributed by atoms with van der Waals surface area (Å²) >= 11 is 0. The summed E-state index contributed by atoms with van der Waals surface area (Å²) in [5, 5.41) is 12.7. The van der Waals surface area contributed by atoms with Crippen molar-refractivity contribution in [3.8, 4) is 0 Å². The zero-order valence-corrected chi connectivity index (χ0v) is 20.3. The summed E-state index contributed by atoms with van der Waals surface area (Å²) in [4.78, 5) is 26.1. The van der Waals surface area contributed by atoms with Crippen LogP contribution in [0.5, 0.6) is 0 Å². The molecule has 180 valence electrons. The van der Waals surface area contributed by atoms with Crippen molar-refractivity contribution >= 4 is 11.9 Å². The summed E-state index contributed by atoms with van der Waals surface area (Å²) in [5.41, 5.74) is 1.70. The summed E-state index contributed by atoms with van der Waals surface area (Å²) < 4.78 is 0. The lowest BCUT2D eigenvalue weighted by Gasteiger charge is -2.39. The van der Waals surface area contributed by atoms with Crippen LogP contribution < -0.4 is 5.32 Å². The lowest BCUT2D eigenvalue weighted by atomic mass is 9.87. The third kappa shape index (κ3) is 8.57. The highest BCUT2D eigenvalue weighted by molar-refractivity contribution is 5.80. The molecule has 0 radical (unpaired) electrons. The molecule has 0 unspecified atom stereocenters. The quantitative estimate of drug-likeness (QED) is 0.357. The number of piperidine rings is 1. The Morgan fingerprint density at radius 2 is 1.41 bits per heavy atom. The fraction of sp³-hybridized carbons (Fsp3) is 0.704. The largest absolute Gasteiger partial charge is 0.480 e. The maximum absolute atomic E-state index is 12.6.